The number of rotatable bonds is 5. The summed E-state index contributed by atoms with van der Waals surface area (Å²) in [4.78, 5) is 42.7. The van der Waals surface area contributed by atoms with Gasteiger partial charge in [-0.25, -0.2) is 4.98 Å². The van der Waals surface area contributed by atoms with Crippen molar-refractivity contribution in [3.63, 3.8) is 0 Å². The molecule has 29 heavy (non-hydrogen) atoms. The fourth-order valence-corrected chi connectivity index (χ4v) is 4.75. The lowest BCUT2D eigenvalue weighted by molar-refractivity contribution is -0.133. The van der Waals surface area contributed by atoms with Crippen LogP contribution in [0.15, 0.2) is 29.3 Å². The van der Waals surface area contributed by atoms with E-state index in [1.165, 1.54) is 0 Å². The Bertz CT molecular complexity index is 1070. The van der Waals surface area contributed by atoms with Crippen LogP contribution in [0.1, 0.15) is 28.2 Å². The SMILES string of the molecule is Cc1sc2nc(CN3CCN(C(=O)CCc4cccnc4)CC3)[nH]c(=O)c2c1C. The lowest BCUT2D eigenvalue weighted by Crippen LogP contribution is -2.48. The highest BCUT2D eigenvalue weighted by Crippen LogP contribution is 2.25. The Labute approximate surface area is 173 Å². The third kappa shape index (κ3) is 4.38. The highest BCUT2D eigenvalue weighted by molar-refractivity contribution is 7.18. The first-order chi connectivity index (χ1) is 14.0. The summed E-state index contributed by atoms with van der Waals surface area (Å²) in [5.41, 5.74) is 2.05. The average Bonchev–Trinajstić information content (AvgIpc) is 3.01. The second kappa shape index (κ2) is 8.42. The molecule has 1 aliphatic heterocycles. The van der Waals surface area contributed by atoms with Crippen LogP contribution in [-0.4, -0.2) is 56.8 Å². The summed E-state index contributed by atoms with van der Waals surface area (Å²) in [5.74, 6) is 0.881. The van der Waals surface area contributed by atoms with Gasteiger partial charge in [0.25, 0.3) is 5.56 Å². The van der Waals surface area contributed by atoms with Crippen LogP contribution in [0.25, 0.3) is 10.2 Å². The van der Waals surface area contributed by atoms with E-state index < -0.39 is 0 Å². The normalized spacial score (nSPS) is 15.2. The number of fused-ring (bicyclic) bond motifs is 1. The summed E-state index contributed by atoms with van der Waals surface area (Å²) >= 11 is 1.57. The number of aryl methyl sites for hydroxylation is 3. The summed E-state index contributed by atoms with van der Waals surface area (Å²) in [6.45, 7) is 7.55. The minimum atomic E-state index is -0.0592. The number of nitrogens with one attached hydrogen (secondary N) is 1. The van der Waals surface area contributed by atoms with Crippen molar-refractivity contribution in [3.05, 3.63) is 56.7 Å². The summed E-state index contributed by atoms with van der Waals surface area (Å²) in [5, 5.41) is 0.709. The van der Waals surface area contributed by atoms with E-state index in [-0.39, 0.29) is 11.5 Å². The molecule has 0 bridgehead atoms. The van der Waals surface area contributed by atoms with E-state index in [2.05, 4.69) is 19.9 Å². The minimum absolute atomic E-state index is 0.0592. The molecule has 4 heterocycles. The molecule has 8 heteroatoms. The van der Waals surface area contributed by atoms with E-state index in [9.17, 15) is 9.59 Å². The van der Waals surface area contributed by atoms with Gasteiger partial charge in [-0.2, -0.15) is 0 Å². The molecule has 1 aliphatic rings. The smallest absolute Gasteiger partial charge is 0.259 e. The molecule has 1 saturated heterocycles. The van der Waals surface area contributed by atoms with Crippen LogP contribution >= 0.6 is 11.3 Å². The number of piperazine rings is 1. The molecule has 4 rings (SSSR count). The van der Waals surface area contributed by atoms with Crippen LogP contribution in [0.4, 0.5) is 0 Å². The summed E-state index contributed by atoms with van der Waals surface area (Å²) in [6, 6.07) is 3.90. The minimum Gasteiger partial charge on any atom is -0.340 e. The Morgan fingerprint density at radius 2 is 2.03 bits per heavy atom. The van der Waals surface area contributed by atoms with Gasteiger partial charge in [-0.15, -0.1) is 11.3 Å². The Morgan fingerprint density at radius 1 is 1.24 bits per heavy atom. The summed E-state index contributed by atoms with van der Waals surface area (Å²) < 4.78 is 0. The molecular formula is C21H25N5O2S. The maximum atomic E-state index is 12.5. The van der Waals surface area contributed by atoms with Gasteiger partial charge < -0.3 is 9.88 Å². The summed E-state index contributed by atoms with van der Waals surface area (Å²) in [7, 11) is 0. The third-order valence-corrected chi connectivity index (χ3v) is 6.64. The molecule has 7 nitrogen and oxygen atoms in total. The molecule has 3 aromatic heterocycles. The fourth-order valence-electron chi connectivity index (χ4n) is 3.70. The van der Waals surface area contributed by atoms with Crippen molar-refractivity contribution >= 4 is 27.5 Å². The zero-order chi connectivity index (χ0) is 20.4. The van der Waals surface area contributed by atoms with Gasteiger partial charge in [-0.05, 0) is 37.5 Å². The van der Waals surface area contributed by atoms with Gasteiger partial charge in [0.05, 0.1) is 11.9 Å². The molecule has 0 radical (unpaired) electrons. The van der Waals surface area contributed by atoms with Crippen LogP contribution in [-0.2, 0) is 17.8 Å². The second-order valence-electron chi connectivity index (χ2n) is 7.49. The molecule has 0 spiro atoms. The van der Waals surface area contributed by atoms with Gasteiger partial charge >= 0.3 is 0 Å². The molecule has 1 N–H and O–H groups in total. The molecule has 0 unspecified atom stereocenters. The van der Waals surface area contributed by atoms with Crippen LogP contribution in [0.5, 0.6) is 0 Å². The van der Waals surface area contributed by atoms with E-state index in [0.29, 0.717) is 37.3 Å². The lowest BCUT2D eigenvalue weighted by Gasteiger charge is -2.34. The number of nitrogens with zero attached hydrogens (tertiary/aromatic N) is 4. The molecule has 0 aliphatic carbocycles. The molecule has 152 valence electrons. The lowest BCUT2D eigenvalue weighted by atomic mass is 10.1. The Morgan fingerprint density at radius 3 is 2.76 bits per heavy atom. The summed E-state index contributed by atoms with van der Waals surface area (Å²) in [6.07, 6.45) is 4.78. The molecule has 1 amide bonds. The number of carbonyl (C=O) groups excluding carboxylic acids is 1. The van der Waals surface area contributed by atoms with Crippen LogP contribution in [0.2, 0.25) is 0 Å². The van der Waals surface area contributed by atoms with Gasteiger partial charge in [0.1, 0.15) is 10.7 Å². The number of aromatic nitrogens is 3. The predicted octanol–water partition coefficient (Wildman–Crippen LogP) is 2.27. The van der Waals surface area contributed by atoms with Crippen LogP contribution in [0, 0.1) is 13.8 Å². The number of hydrogen-bond acceptors (Lipinski definition) is 6. The van der Waals surface area contributed by atoms with Gasteiger partial charge in [0, 0.05) is 49.9 Å². The number of H-pyrrole nitrogens is 1. The number of amides is 1. The number of carbonyl (C=O) groups is 1. The number of thiophene rings is 1. The van der Waals surface area contributed by atoms with Gasteiger partial charge in [-0.3, -0.25) is 19.5 Å². The monoisotopic (exact) mass is 411 g/mol. The van der Waals surface area contributed by atoms with Crippen molar-refractivity contribution in [1.82, 2.24) is 24.8 Å². The zero-order valence-corrected chi connectivity index (χ0v) is 17.6. The highest BCUT2D eigenvalue weighted by Gasteiger charge is 2.22. The van der Waals surface area contributed by atoms with Crippen LogP contribution in [0.3, 0.4) is 0 Å². The molecule has 1 fully saturated rings. The molecule has 0 saturated carbocycles. The number of hydrogen-bond donors (Lipinski definition) is 1. The Hall–Kier alpha value is -2.58. The molecule has 3 aromatic rings. The van der Waals surface area contributed by atoms with Crippen molar-refractivity contribution in [2.75, 3.05) is 26.2 Å². The standard InChI is InChI=1S/C21H25N5O2S/c1-14-15(2)29-21-19(14)20(28)23-17(24-21)13-25-8-10-26(11-9-25)18(27)6-5-16-4-3-7-22-12-16/h3-4,7,12H,5-6,8-11,13H2,1-2H3,(H,23,24,28). The van der Waals surface area contributed by atoms with Crippen LogP contribution < -0.4 is 5.56 Å². The van der Waals surface area contributed by atoms with Gasteiger partial charge in [0.15, 0.2) is 0 Å². The third-order valence-electron chi connectivity index (χ3n) is 5.54. The number of pyridine rings is 1. The Balaban J connectivity index is 1.32. The van der Waals surface area contributed by atoms with E-state index >= 15 is 0 Å². The first-order valence-corrected chi connectivity index (χ1v) is 10.7. The zero-order valence-electron chi connectivity index (χ0n) is 16.8. The van der Waals surface area contributed by atoms with Crippen molar-refractivity contribution in [1.29, 1.82) is 0 Å². The topological polar surface area (TPSA) is 82.2 Å². The maximum Gasteiger partial charge on any atom is 0.259 e. The van der Waals surface area contributed by atoms with Crippen molar-refractivity contribution < 1.29 is 4.79 Å². The van der Waals surface area contributed by atoms with E-state index in [1.807, 2.05) is 37.1 Å². The molecule has 0 aromatic carbocycles. The fraction of sp³-hybridized carbons (Fsp3) is 0.429. The van der Waals surface area contributed by atoms with E-state index in [0.717, 1.165) is 40.3 Å². The highest BCUT2D eigenvalue weighted by atomic mass is 32.1. The van der Waals surface area contributed by atoms with Crippen molar-refractivity contribution in [2.24, 2.45) is 0 Å². The number of aromatic amines is 1. The van der Waals surface area contributed by atoms with Crippen molar-refractivity contribution in [3.8, 4) is 0 Å². The molecule has 0 atom stereocenters. The van der Waals surface area contributed by atoms with E-state index in [1.54, 1.807) is 17.5 Å². The first kappa shape index (κ1) is 19.7. The largest absolute Gasteiger partial charge is 0.340 e. The van der Waals surface area contributed by atoms with Gasteiger partial charge in [-0.1, -0.05) is 6.07 Å². The Kier molecular flexibility index (Phi) is 5.73. The maximum absolute atomic E-state index is 12.5. The second-order valence-corrected chi connectivity index (χ2v) is 8.70. The predicted molar refractivity (Wildman–Crippen MR) is 114 cm³/mol. The van der Waals surface area contributed by atoms with Crippen molar-refractivity contribution in [2.45, 2.75) is 33.2 Å². The quantitative estimate of drug-likeness (QED) is 0.697. The molecular weight excluding hydrogens is 386 g/mol. The van der Waals surface area contributed by atoms with Gasteiger partial charge in [0.2, 0.25) is 5.91 Å². The van der Waals surface area contributed by atoms with E-state index in [4.69, 9.17) is 0 Å². The average molecular weight is 412 g/mol. The first-order valence-electron chi connectivity index (χ1n) is 9.89.